The molecule has 144 valence electrons. The Morgan fingerprint density at radius 1 is 1.07 bits per heavy atom. The monoisotopic (exact) mass is 376 g/mol. The summed E-state index contributed by atoms with van der Waals surface area (Å²) in [4.78, 5) is 24.9. The summed E-state index contributed by atoms with van der Waals surface area (Å²) in [6.07, 6.45) is 0. The lowest BCUT2D eigenvalue weighted by atomic mass is 10.0. The van der Waals surface area contributed by atoms with Crippen LogP contribution in [0.2, 0.25) is 0 Å². The topological polar surface area (TPSA) is 67.4 Å². The largest absolute Gasteiger partial charge is 0.494 e. The van der Waals surface area contributed by atoms with Gasteiger partial charge in [-0.3, -0.25) is 9.59 Å². The van der Waals surface area contributed by atoms with E-state index in [0.717, 1.165) is 12.1 Å². The zero-order chi connectivity index (χ0) is 20.0. The lowest BCUT2D eigenvalue weighted by Crippen LogP contribution is -2.47. The van der Waals surface area contributed by atoms with Crippen LogP contribution in [0.1, 0.15) is 31.1 Å². The second-order valence-electron chi connectivity index (χ2n) is 6.27. The second kappa shape index (κ2) is 9.12. The molecule has 2 N–H and O–H groups in total. The van der Waals surface area contributed by atoms with Gasteiger partial charge in [-0.1, -0.05) is 13.8 Å². The van der Waals surface area contributed by atoms with E-state index in [1.807, 2.05) is 6.92 Å². The molecule has 0 aromatic heterocycles. The van der Waals surface area contributed by atoms with Crippen LogP contribution in [0.15, 0.2) is 42.5 Å². The van der Waals surface area contributed by atoms with E-state index < -0.39 is 29.5 Å². The highest BCUT2D eigenvalue weighted by Gasteiger charge is 2.25. The Kier molecular flexibility index (Phi) is 6.87. The second-order valence-corrected chi connectivity index (χ2v) is 6.27. The predicted octanol–water partition coefficient (Wildman–Crippen LogP) is 3.76. The van der Waals surface area contributed by atoms with E-state index in [2.05, 4.69) is 10.6 Å². The molecule has 0 saturated carbocycles. The maximum atomic E-state index is 13.7. The Bertz CT molecular complexity index is 807. The number of amides is 2. The number of rotatable bonds is 7. The molecule has 2 aromatic carbocycles. The Hall–Kier alpha value is -2.96. The van der Waals surface area contributed by atoms with Crippen molar-refractivity contribution in [3.8, 4) is 5.75 Å². The van der Waals surface area contributed by atoms with Crippen LogP contribution < -0.4 is 15.4 Å². The number of ether oxygens (including phenoxy) is 1. The SMILES string of the molecule is CCOc1ccc(C(=O)NC(C(=O)Nc2ccc(F)cc2F)C(C)C)cc1. The van der Waals surface area contributed by atoms with Crippen molar-refractivity contribution in [2.75, 3.05) is 11.9 Å². The summed E-state index contributed by atoms with van der Waals surface area (Å²) in [5.74, 6) is -2.26. The molecule has 2 amide bonds. The molecule has 2 rings (SSSR count). The zero-order valence-corrected chi connectivity index (χ0v) is 15.4. The molecule has 0 bridgehead atoms. The maximum absolute atomic E-state index is 13.7. The highest BCUT2D eigenvalue weighted by molar-refractivity contribution is 6.01. The minimum Gasteiger partial charge on any atom is -0.494 e. The van der Waals surface area contributed by atoms with Crippen LogP contribution in [0, 0.1) is 17.6 Å². The molecule has 1 atom stereocenters. The number of benzene rings is 2. The Labute approximate surface area is 156 Å². The fraction of sp³-hybridized carbons (Fsp3) is 0.300. The first-order chi connectivity index (χ1) is 12.8. The third kappa shape index (κ3) is 5.51. The first kappa shape index (κ1) is 20.4. The summed E-state index contributed by atoms with van der Waals surface area (Å²) in [5.41, 5.74) is 0.215. The molecule has 0 aliphatic heterocycles. The zero-order valence-electron chi connectivity index (χ0n) is 15.4. The normalized spacial score (nSPS) is 11.8. The molecule has 0 saturated heterocycles. The highest BCUT2D eigenvalue weighted by atomic mass is 19.1. The van der Waals surface area contributed by atoms with Crippen molar-refractivity contribution in [3.63, 3.8) is 0 Å². The quantitative estimate of drug-likeness (QED) is 0.773. The molecule has 27 heavy (non-hydrogen) atoms. The van der Waals surface area contributed by atoms with Gasteiger partial charge in [-0.15, -0.1) is 0 Å². The van der Waals surface area contributed by atoms with Gasteiger partial charge < -0.3 is 15.4 Å². The summed E-state index contributed by atoms with van der Waals surface area (Å²) in [7, 11) is 0. The molecule has 5 nitrogen and oxygen atoms in total. The third-order valence-corrected chi connectivity index (χ3v) is 3.85. The van der Waals surface area contributed by atoms with Gasteiger partial charge in [0.2, 0.25) is 5.91 Å². The van der Waals surface area contributed by atoms with Gasteiger partial charge in [0.25, 0.3) is 5.91 Å². The fourth-order valence-electron chi connectivity index (χ4n) is 2.43. The summed E-state index contributed by atoms with van der Waals surface area (Å²) >= 11 is 0. The van der Waals surface area contributed by atoms with E-state index in [-0.39, 0.29) is 11.6 Å². The first-order valence-corrected chi connectivity index (χ1v) is 8.61. The number of hydrogen-bond donors (Lipinski definition) is 2. The number of hydrogen-bond acceptors (Lipinski definition) is 3. The van der Waals surface area contributed by atoms with Crippen molar-refractivity contribution in [1.82, 2.24) is 5.32 Å². The molecule has 2 aromatic rings. The molecule has 0 spiro atoms. The summed E-state index contributed by atoms with van der Waals surface area (Å²) < 4.78 is 32.1. The third-order valence-electron chi connectivity index (χ3n) is 3.85. The van der Waals surface area contributed by atoms with E-state index in [4.69, 9.17) is 4.74 Å². The lowest BCUT2D eigenvalue weighted by Gasteiger charge is -2.22. The smallest absolute Gasteiger partial charge is 0.251 e. The van der Waals surface area contributed by atoms with Gasteiger partial charge in [0, 0.05) is 11.6 Å². The van der Waals surface area contributed by atoms with Crippen molar-refractivity contribution in [3.05, 3.63) is 59.7 Å². The maximum Gasteiger partial charge on any atom is 0.251 e. The Morgan fingerprint density at radius 2 is 1.74 bits per heavy atom. The van der Waals surface area contributed by atoms with Crippen LogP contribution in [0.25, 0.3) is 0 Å². The van der Waals surface area contributed by atoms with Crippen molar-refractivity contribution in [2.45, 2.75) is 26.8 Å². The van der Waals surface area contributed by atoms with Crippen LogP contribution >= 0.6 is 0 Å². The molecule has 0 aliphatic carbocycles. The van der Waals surface area contributed by atoms with Gasteiger partial charge in [-0.05, 0) is 49.2 Å². The molecular weight excluding hydrogens is 354 g/mol. The standard InChI is InChI=1S/C20H22F2N2O3/c1-4-27-15-8-5-13(6-9-15)19(25)24-18(12(2)3)20(26)23-17-10-7-14(21)11-16(17)22/h5-12,18H,4H2,1-3H3,(H,23,26)(H,24,25). The summed E-state index contributed by atoms with van der Waals surface area (Å²) in [6, 6.07) is 8.47. The highest BCUT2D eigenvalue weighted by Crippen LogP contribution is 2.17. The van der Waals surface area contributed by atoms with Crippen molar-refractivity contribution in [2.24, 2.45) is 5.92 Å². The average Bonchev–Trinajstić information content (AvgIpc) is 2.62. The van der Waals surface area contributed by atoms with Gasteiger partial charge in [0.1, 0.15) is 23.4 Å². The van der Waals surface area contributed by atoms with E-state index >= 15 is 0 Å². The van der Waals surface area contributed by atoms with Gasteiger partial charge in [0.05, 0.1) is 12.3 Å². The van der Waals surface area contributed by atoms with E-state index in [9.17, 15) is 18.4 Å². The van der Waals surface area contributed by atoms with Crippen LogP contribution in [0.5, 0.6) is 5.75 Å². The van der Waals surface area contributed by atoms with Crippen molar-refractivity contribution < 1.29 is 23.1 Å². The molecule has 0 radical (unpaired) electrons. The Morgan fingerprint density at radius 3 is 2.30 bits per heavy atom. The van der Waals surface area contributed by atoms with Gasteiger partial charge in [-0.25, -0.2) is 8.78 Å². The molecule has 0 heterocycles. The number of carbonyl (C=O) groups excluding carboxylic acids is 2. The molecule has 0 aliphatic rings. The van der Waals surface area contributed by atoms with Gasteiger partial charge in [0.15, 0.2) is 0 Å². The van der Waals surface area contributed by atoms with Crippen molar-refractivity contribution >= 4 is 17.5 Å². The van der Waals surface area contributed by atoms with Crippen LogP contribution in [0.3, 0.4) is 0 Å². The minimum atomic E-state index is -0.895. The molecule has 0 fully saturated rings. The average molecular weight is 376 g/mol. The first-order valence-electron chi connectivity index (χ1n) is 8.61. The van der Waals surface area contributed by atoms with Gasteiger partial charge in [-0.2, -0.15) is 0 Å². The number of nitrogens with one attached hydrogen (secondary N) is 2. The van der Waals surface area contributed by atoms with E-state index in [1.54, 1.807) is 38.1 Å². The summed E-state index contributed by atoms with van der Waals surface area (Å²) in [6.45, 7) is 5.88. The van der Waals surface area contributed by atoms with E-state index in [1.165, 1.54) is 0 Å². The summed E-state index contributed by atoms with van der Waals surface area (Å²) in [5, 5.41) is 5.03. The van der Waals surface area contributed by atoms with Crippen LogP contribution in [-0.2, 0) is 4.79 Å². The number of halogens is 2. The number of carbonyl (C=O) groups is 2. The fourth-order valence-corrected chi connectivity index (χ4v) is 2.43. The Balaban J connectivity index is 2.09. The van der Waals surface area contributed by atoms with E-state index in [0.29, 0.717) is 24.0 Å². The van der Waals surface area contributed by atoms with Crippen LogP contribution in [0.4, 0.5) is 14.5 Å². The van der Waals surface area contributed by atoms with Gasteiger partial charge >= 0.3 is 0 Å². The lowest BCUT2D eigenvalue weighted by molar-refractivity contribution is -0.118. The minimum absolute atomic E-state index is 0.151. The molecular formula is C20H22F2N2O3. The molecule has 1 unspecified atom stereocenters. The number of anilines is 1. The van der Waals surface area contributed by atoms with Crippen LogP contribution in [-0.4, -0.2) is 24.5 Å². The predicted molar refractivity (Wildman–Crippen MR) is 98.7 cm³/mol. The van der Waals surface area contributed by atoms with Crippen molar-refractivity contribution in [1.29, 1.82) is 0 Å². The molecule has 7 heteroatoms.